The van der Waals surface area contributed by atoms with Gasteiger partial charge in [0.05, 0.1) is 10.6 Å². The Kier molecular flexibility index (Phi) is 3.84. The number of amides is 1. The van der Waals surface area contributed by atoms with Crippen molar-refractivity contribution in [2.24, 2.45) is 0 Å². The Morgan fingerprint density at radius 2 is 2.19 bits per heavy atom. The summed E-state index contributed by atoms with van der Waals surface area (Å²) in [5, 5.41) is 12.4. The molecule has 1 aromatic carbocycles. The molecular weight excluding hydrogens is 232 g/mol. The fraction of sp³-hybridized carbons (Fsp3) is 0.300. The van der Waals surface area contributed by atoms with Gasteiger partial charge in [-0.05, 0) is 19.4 Å². The minimum absolute atomic E-state index is 0.0666. The molecule has 16 heavy (non-hydrogen) atoms. The summed E-state index contributed by atoms with van der Waals surface area (Å²) >= 11 is 5.59. The van der Waals surface area contributed by atoms with Crippen molar-refractivity contribution in [2.45, 2.75) is 19.2 Å². The first kappa shape index (κ1) is 12.4. The highest BCUT2D eigenvalue weighted by molar-refractivity contribution is 6.32. The SMILES string of the molecule is Cc1ccc([N+](=O)[O-])cc1NC(=O)[C@H](C)Cl. The summed E-state index contributed by atoms with van der Waals surface area (Å²) < 4.78 is 0. The number of halogens is 1. The van der Waals surface area contributed by atoms with E-state index < -0.39 is 10.3 Å². The summed E-state index contributed by atoms with van der Waals surface area (Å²) in [5.74, 6) is -0.384. The molecule has 0 aliphatic rings. The van der Waals surface area contributed by atoms with Gasteiger partial charge in [0.1, 0.15) is 5.38 Å². The Morgan fingerprint density at radius 3 is 2.69 bits per heavy atom. The summed E-state index contributed by atoms with van der Waals surface area (Å²) in [7, 11) is 0. The van der Waals surface area contributed by atoms with Crippen molar-refractivity contribution in [1.82, 2.24) is 0 Å². The second-order valence-corrected chi connectivity index (χ2v) is 4.02. The molecule has 0 aromatic heterocycles. The van der Waals surface area contributed by atoms with E-state index in [1.165, 1.54) is 19.1 Å². The van der Waals surface area contributed by atoms with Crippen molar-refractivity contribution in [3.05, 3.63) is 33.9 Å². The number of nitrogens with zero attached hydrogens (tertiary/aromatic N) is 1. The van der Waals surface area contributed by atoms with Crippen LogP contribution >= 0.6 is 11.6 Å². The van der Waals surface area contributed by atoms with Crippen LogP contribution in [0.1, 0.15) is 12.5 Å². The third kappa shape index (κ3) is 2.93. The third-order valence-electron chi connectivity index (χ3n) is 2.05. The molecule has 0 radical (unpaired) electrons. The molecule has 0 unspecified atom stereocenters. The van der Waals surface area contributed by atoms with Crippen LogP contribution in [-0.4, -0.2) is 16.2 Å². The molecule has 1 N–H and O–H groups in total. The Morgan fingerprint density at radius 1 is 1.56 bits per heavy atom. The van der Waals surface area contributed by atoms with Crippen LogP contribution in [0.15, 0.2) is 18.2 Å². The van der Waals surface area contributed by atoms with Gasteiger partial charge in [-0.2, -0.15) is 0 Å². The maximum Gasteiger partial charge on any atom is 0.271 e. The predicted octanol–water partition coefficient (Wildman–Crippen LogP) is 2.47. The number of aryl methyl sites for hydroxylation is 1. The minimum atomic E-state index is -0.682. The second kappa shape index (κ2) is 4.94. The highest BCUT2D eigenvalue weighted by Crippen LogP contribution is 2.22. The van der Waals surface area contributed by atoms with E-state index in [1.54, 1.807) is 13.0 Å². The molecule has 0 aliphatic heterocycles. The molecule has 5 nitrogen and oxygen atoms in total. The number of nitro groups is 1. The van der Waals surface area contributed by atoms with Gasteiger partial charge in [-0.15, -0.1) is 11.6 Å². The molecule has 1 aromatic rings. The largest absolute Gasteiger partial charge is 0.324 e. The van der Waals surface area contributed by atoms with E-state index in [2.05, 4.69) is 5.32 Å². The van der Waals surface area contributed by atoms with Crippen LogP contribution in [0.3, 0.4) is 0 Å². The fourth-order valence-corrected chi connectivity index (χ4v) is 1.14. The zero-order chi connectivity index (χ0) is 12.3. The summed E-state index contributed by atoms with van der Waals surface area (Å²) in [6.45, 7) is 3.28. The maximum atomic E-state index is 11.3. The van der Waals surface area contributed by atoms with Crippen molar-refractivity contribution in [3.63, 3.8) is 0 Å². The number of carbonyl (C=O) groups is 1. The lowest BCUT2D eigenvalue weighted by atomic mass is 10.2. The Labute approximate surface area is 97.6 Å². The van der Waals surface area contributed by atoms with Crippen LogP contribution in [0.25, 0.3) is 0 Å². The highest BCUT2D eigenvalue weighted by atomic mass is 35.5. The first-order chi connectivity index (χ1) is 7.41. The van der Waals surface area contributed by atoms with Crippen LogP contribution in [0.2, 0.25) is 0 Å². The lowest BCUT2D eigenvalue weighted by Crippen LogP contribution is -2.20. The van der Waals surface area contributed by atoms with Gasteiger partial charge in [0, 0.05) is 12.1 Å². The van der Waals surface area contributed by atoms with Crippen LogP contribution in [0.5, 0.6) is 0 Å². The summed E-state index contributed by atoms with van der Waals surface area (Å²) in [4.78, 5) is 21.4. The first-order valence-electron chi connectivity index (χ1n) is 4.62. The minimum Gasteiger partial charge on any atom is -0.324 e. The summed E-state index contributed by atoms with van der Waals surface area (Å²) in [6, 6.07) is 4.27. The van der Waals surface area contributed by atoms with Crippen LogP contribution in [0.4, 0.5) is 11.4 Å². The van der Waals surface area contributed by atoms with Gasteiger partial charge >= 0.3 is 0 Å². The lowest BCUT2D eigenvalue weighted by molar-refractivity contribution is -0.384. The highest BCUT2D eigenvalue weighted by Gasteiger charge is 2.13. The van der Waals surface area contributed by atoms with Crippen molar-refractivity contribution in [3.8, 4) is 0 Å². The molecule has 0 spiro atoms. The number of hydrogen-bond donors (Lipinski definition) is 1. The fourth-order valence-electron chi connectivity index (χ4n) is 1.09. The van der Waals surface area contributed by atoms with E-state index in [0.717, 1.165) is 5.56 Å². The average Bonchev–Trinajstić information content (AvgIpc) is 2.20. The van der Waals surface area contributed by atoms with Crippen molar-refractivity contribution in [1.29, 1.82) is 0 Å². The van der Waals surface area contributed by atoms with Gasteiger partial charge in [0.2, 0.25) is 5.91 Å². The van der Waals surface area contributed by atoms with Gasteiger partial charge in [-0.25, -0.2) is 0 Å². The van der Waals surface area contributed by atoms with E-state index in [4.69, 9.17) is 11.6 Å². The molecule has 0 heterocycles. The van der Waals surface area contributed by atoms with Crippen LogP contribution in [0, 0.1) is 17.0 Å². The first-order valence-corrected chi connectivity index (χ1v) is 5.05. The van der Waals surface area contributed by atoms with E-state index in [0.29, 0.717) is 5.69 Å². The smallest absolute Gasteiger partial charge is 0.271 e. The van der Waals surface area contributed by atoms with E-state index >= 15 is 0 Å². The molecule has 0 bridgehead atoms. The molecule has 0 fully saturated rings. The molecule has 0 saturated heterocycles. The molecule has 1 atom stereocenters. The number of alkyl halides is 1. The standard InChI is InChI=1S/C10H11ClN2O3/c1-6-3-4-8(13(15)16)5-9(6)12-10(14)7(2)11/h3-5,7H,1-2H3,(H,12,14)/t7-/m0/s1. The number of hydrogen-bond acceptors (Lipinski definition) is 3. The van der Waals surface area contributed by atoms with Gasteiger partial charge in [0.25, 0.3) is 5.69 Å². The van der Waals surface area contributed by atoms with Crippen molar-refractivity contribution in [2.75, 3.05) is 5.32 Å². The van der Waals surface area contributed by atoms with Gasteiger partial charge < -0.3 is 5.32 Å². The summed E-state index contributed by atoms with van der Waals surface area (Å²) in [6.07, 6.45) is 0. The summed E-state index contributed by atoms with van der Waals surface area (Å²) in [5.41, 5.74) is 1.09. The number of carbonyl (C=O) groups excluding carboxylic acids is 1. The number of non-ortho nitro benzene ring substituents is 1. The van der Waals surface area contributed by atoms with Crippen LogP contribution < -0.4 is 5.32 Å². The van der Waals surface area contributed by atoms with Crippen molar-refractivity contribution < 1.29 is 9.72 Å². The number of nitro benzene ring substituents is 1. The van der Waals surface area contributed by atoms with Crippen molar-refractivity contribution >= 4 is 28.9 Å². The Balaban J connectivity index is 2.99. The van der Waals surface area contributed by atoms with E-state index in [-0.39, 0.29) is 11.6 Å². The van der Waals surface area contributed by atoms with E-state index in [1.807, 2.05) is 0 Å². The topological polar surface area (TPSA) is 72.2 Å². The molecule has 86 valence electrons. The number of nitrogens with one attached hydrogen (secondary N) is 1. The number of rotatable bonds is 3. The van der Waals surface area contributed by atoms with E-state index in [9.17, 15) is 14.9 Å². The van der Waals surface area contributed by atoms with Gasteiger partial charge in [-0.3, -0.25) is 14.9 Å². The third-order valence-corrected chi connectivity index (χ3v) is 2.25. The maximum absolute atomic E-state index is 11.3. The molecule has 0 aliphatic carbocycles. The predicted molar refractivity (Wildman–Crippen MR) is 61.8 cm³/mol. The Hall–Kier alpha value is -1.62. The molecule has 1 rings (SSSR count). The number of anilines is 1. The zero-order valence-electron chi connectivity index (χ0n) is 8.86. The van der Waals surface area contributed by atoms with Crippen LogP contribution in [-0.2, 0) is 4.79 Å². The average molecular weight is 243 g/mol. The molecule has 0 saturated carbocycles. The lowest BCUT2D eigenvalue weighted by Gasteiger charge is -2.08. The zero-order valence-corrected chi connectivity index (χ0v) is 9.62. The Bertz CT molecular complexity index is 432. The second-order valence-electron chi connectivity index (χ2n) is 3.36. The van der Waals surface area contributed by atoms with Gasteiger partial charge in [-0.1, -0.05) is 6.07 Å². The quantitative estimate of drug-likeness (QED) is 0.503. The number of benzene rings is 1. The monoisotopic (exact) mass is 242 g/mol. The van der Waals surface area contributed by atoms with Gasteiger partial charge in [0.15, 0.2) is 0 Å². The molecule has 6 heteroatoms. The molecular formula is C10H11ClN2O3. The molecule has 1 amide bonds. The normalized spacial score (nSPS) is 11.9.